The molecular weight excluding hydrogens is 260 g/mol. The van der Waals surface area contributed by atoms with E-state index in [1.165, 1.54) is 0 Å². The molecule has 0 unspecified atom stereocenters. The number of benzene rings is 1. The van der Waals surface area contributed by atoms with Gasteiger partial charge in [-0.15, -0.1) is 11.3 Å². The summed E-state index contributed by atoms with van der Waals surface area (Å²) in [6, 6.07) is 5.84. The van der Waals surface area contributed by atoms with E-state index in [1.54, 1.807) is 11.3 Å². The van der Waals surface area contributed by atoms with Gasteiger partial charge in [0.1, 0.15) is 23.9 Å². The Morgan fingerprint density at radius 3 is 2.63 bits per heavy atom. The summed E-state index contributed by atoms with van der Waals surface area (Å²) in [5, 5.41) is 1.81. The fourth-order valence-corrected chi connectivity index (χ4v) is 2.85. The molecular formula is C14H16N2O2S. The molecule has 0 aliphatic carbocycles. The van der Waals surface area contributed by atoms with Crippen LogP contribution in [0, 0.1) is 0 Å². The highest BCUT2D eigenvalue weighted by molar-refractivity contribution is 7.16. The van der Waals surface area contributed by atoms with E-state index in [9.17, 15) is 0 Å². The topological polar surface area (TPSA) is 57.4 Å². The maximum absolute atomic E-state index is 6.07. The largest absolute Gasteiger partial charge is 0.486 e. The van der Waals surface area contributed by atoms with Gasteiger partial charge >= 0.3 is 0 Å². The number of nitrogen functional groups attached to an aromatic ring is 1. The molecule has 0 spiro atoms. The fourth-order valence-electron chi connectivity index (χ4n) is 1.99. The second-order valence-electron chi connectivity index (χ2n) is 4.78. The van der Waals surface area contributed by atoms with Crippen LogP contribution in [0.3, 0.4) is 0 Å². The first kappa shape index (κ1) is 12.3. The Morgan fingerprint density at radius 1 is 1.21 bits per heavy atom. The molecule has 4 nitrogen and oxygen atoms in total. The molecule has 0 saturated heterocycles. The number of nitrogens with two attached hydrogens (primary N) is 1. The Bertz CT molecular complexity index is 607. The van der Waals surface area contributed by atoms with Gasteiger partial charge in [-0.25, -0.2) is 4.98 Å². The molecule has 1 aromatic heterocycles. The summed E-state index contributed by atoms with van der Waals surface area (Å²) in [5.74, 6) is 1.94. The van der Waals surface area contributed by atoms with Crippen molar-refractivity contribution in [2.75, 3.05) is 18.9 Å². The lowest BCUT2D eigenvalue weighted by molar-refractivity contribution is 0.171. The molecule has 2 heterocycles. The van der Waals surface area contributed by atoms with Crippen molar-refractivity contribution in [1.82, 2.24) is 4.98 Å². The molecule has 0 fully saturated rings. The quantitative estimate of drug-likeness (QED) is 0.914. The van der Waals surface area contributed by atoms with Crippen LogP contribution in [0.25, 0.3) is 11.3 Å². The van der Waals surface area contributed by atoms with Gasteiger partial charge in [0, 0.05) is 11.5 Å². The lowest BCUT2D eigenvalue weighted by atomic mass is 10.1. The monoisotopic (exact) mass is 276 g/mol. The van der Waals surface area contributed by atoms with Gasteiger partial charge in [0.15, 0.2) is 11.5 Å². The third-order valence-corrected chi connectivity index (χ3v) is 4.16. The number of thiazole rings is 1. The highest BCUT2D eigenvalue weighted by Gasteiger charge is 2.17. The van der Waals surface area contributed by atoms with Crippen molar-refractivity contribution in [3.63, 3.8) is 0 Å². The van der Waals surface area contributed by atoms with E-state index in [4.69, 9.17) is 15.2 Å². The van der Waals surface area contributed by atoms with Crippen molar-refractivity contribution in [2.24, 2.45) is 0 Å². The van der Waals surface area contributed by atoms with Crippen molar-refractivity contribution in [1.29, 1.82) is 0 Å². The first-order valence-electron chi connectivity index (χ1n) is 6.31. The highest BCUT2D eigenvalue weighted by atomic mass is 32.1. The van der Waals surface area contributed by atoms with Crippen LogP contribution in [-0.4, -0.2) is 18.2 Å². The molecule has 0 radical (unpaired) electrons. The number of rotatable bonds is 2. The Labute approximate surface area is 116 Å². The molecule has 1 aromatic carbocycles. The maximum atomic E-state index is 6.07. The molecule has 1 aliphatic heterocycles. The predicted molar refractivity (Wildman–Crippen MR) is 77.0 cm³/mol. The van der Waals surface area contributed by atoms with Gasteiger partial charge in [-0.3, -0.25) is 0 Å². The Kier molecular flexibility index (Phi) is 3.06. The van der Waals surface area contributed by atoms with Crippen molar-refractivity contribution in [3.8, 4) is 22.8 Å². The van der Waals surface area contributed by atoms with Crippen molar-refractivity contribution in [2.45, 2.75) is 19.8 Å². The molecule has 3 rings (SSSR count). The van der Waals surface area contributed by atoms with Gasteiger partial charge in [0.2, 0.25) is 0 Å². The van der Waals surface area contributed by atoms with E-state index in [-0.39, 0.29) is 0 Å². The van der Waals surface area contributed by atoms with Crippen molar-refractivity contribution < 1.29 is 9.47 Å². The van der Waals surface area contributed by atoms with E-state index in [2.05, 4.69) is 18.8 Å². The minimum atomic E-state index is 0.387. The Balaban J connectivity index is 2.02. The first-order valence-corrected chi connectivity index (χ1v) is 7.13. The van der Waals surface area contributed by atoms with Gasteiger partial charge in [-0.1, -0.05) is 13.8 Å². The van der Waals surface area contributed by atoms with E-state index >= 15 is 0 Å². The van der Waals surface area contributed by atoms with Gasteiger partial charge < -0.3 is 15.2 Å². The smallest absolute Gasteiger partial charge is 0.162 e. The van der Waals surface area contributed by atoms with Crippen LogP contribution in [0.2, 0.25) is 0 Å². The number of fused-ring (bicyclic) bond motifs is 1. The number of ether oxygens (including phenoxy) is 2. The third-order valence-electron chi connectivity index (χ3n) is 2.98. The molecule has 5 heteroatoms. The lowest BCUT2D eigenvalue weighted by Crippen LogP contribution is -2.15. The van der Waals surface area contributed by atoms with Crippen LogP contribution in [0.15, 0.2) is 18.2 Å². The average Bonchev–Trinajstić information content (AvgIpc) is 2.80. The molecule has 0 saturated carbocycles. The van der Waals surface area contributed by atoms with Gasteiger partial charge in [-0.05, 0) is 18.2 Å². The molecule has 0 atom stereocenters. The van der Waals surface area contributed by atoms with E-state index < -0.39 is 0 Å². The summed E-state index contributed by atoms with van der Waals surface area (Å²) in [5.41, 5.74) is 7.89. The highest BCUT2D eigenvalue weighted by Crippen LogP contribution is 2.38. The first-order chi connectivity index (χ1) is 9.15. The van der Waals surface area contributed by atoms with E-state index in [1.807, 2.05) is 18.2 Å². The fraction of sp³-hybridized carbons (Fsp3) is 0.357. The normalized spacial score (nSPS) is 13.8. The Morgan fingerprint density at radius 2 is 1.95 bits per heavy atom. The zero-order valence-corrected chi connectivity index (χ0v) is 11.8. The molecule has 19 heavy (non-hydrogen) atoms. The van der Waals surface area contributed by atoms with Crippen LogP contribution in [0.5, 0.6) is 11.5 Å². The summed E-state index contributed by atoms with van der Waals surface area (Å²) in [7, 11) is 0. The summed E-state index contributed by atoms with van der Waals surface area (Å²) in [6.07, 6.45) is 0. The van der Waals surface area contributed by atoms with Crippen molar-refractivity contribution >= 4 is 16.3 Å². The minimum absolute atomic E-state index is 0.387. The zero-order chi connectivity index (χ0) is 13.4. The van der Waals surface area contributed by atoms with Crippen LogP contribution in [0.4, 0.5) is 5.00 Å². The summed E-state index contributed by atoms with van der Waals surface area (Å²) < 4.78 is 11.1. The van der Waals surface area contributed by atoms with Crippen LogP contribution in [0.1, 0.15) is 24.8 Å². The van der Waals surface area contributed by atoms with Crippen LogP contribution >= 0.6 is 11.3 Å². The molecule has 100 valence electrons. The molecule has 0 bridgehead atoms. The number of anilines is 1. The number of hydrogen-bond donors (Lipinski definition) is 1. The lowest BCUT2D eigenvalue weighted by Gasteiger charge is -2.18. The van der Waals surface area contributed by atoms with E-state index in [0.717, 1.165) is 32.8 Å². The number of aromatic nitrogens is 1. The van der Waals surface area contributed by atoms with E-state index in [0.29, 0.717) is 19.1 Å². The predicted octanol–water partition coefficient (Wildman–Crippen LogP) is 3.29. The molecule has 2 N–H and O–H groups in total. The third kappa shape index (κ3) is 2.26. The van der Waals surface area contributed by atoms with Crippen LogP contribution in [-0.2, 0) is 0 Å². The average molecular weight is 276 g/mol. The van der Waals surface area contributed by atoms with Crippen molar-refractivity contribution in [3.05, 3.63) is 23.2 Å². The SMILES string of the molecule is CC(C)c1nc(-c2ccc3c(c2)OCCO3)c(N)s1. The molecule has 2 aromatic rings. The second-order valence-corrected chi connectivity index (χ2v) is 5.84. The zero-order valence-electron chi connectivity index (χ0n) is 11.0. The number of hydrogen-bond acceptors (Lipinski definition) is 5. The van der Waals surface area contributed by atoms with Gasteiger partial charge in [-0.2, -0.15) is 0 Å². The summed E-state index contributed by atoms with van der Waals surface area (Å²) in [4.78, 5) is 4.63. The molecule has 0 amide bonds. The van der Waals surface area contributed by atoms with Gasteiger partial charge in [0.05, 0.1) is 5.01 Å². The standard InChI is InChI=1S/C14H16N2O2S/c1-8(2)14-16-12(13(15)19-14)9-3-4-10-11(7-9)18-6-5-17-10/h3-4,7-8H,5-6,15H2,1-2H3. The maximum Gasteiger partial charge on any atom is 0.162 e. The van der Waals surface area contributed by atoms with Gasteiger partial charge in [0.25, 0.3) is 0 Å². The number of nitrogens with zero attached hydrogens (tertiary/aromatic N) is 1. The second kappa shape index (κ2) is 4.74. The Hall–Kier alpha value is -1.75. The molecule has 1 aliphatic rings. The summed E-state index contributed by atoms with van der Waals surface area (Å²) in [6.45, 7) is 5.42. The summed E-state index contributed by atoms with van der Waals surface area (Å²) >= 11 is 1.55. The minimum Gasteiger partial charge on any atom is -0.486 e. The van der Waals surface area contributed by atoms with Crippen LogP contribution < -0.4 is 15.2 Å².